The van der Waals surface area contributed by atoms with Gasteiger partial charge in [0, 0.05) is 6.42 Å². The number of aliphatic hydroxyl groups is 1. The lowest BCUT2D eigenvalue weighted by molar-refractivity contribution is -0.141. The van der Waals surface area contributed by atoms with E-state index in [0.717, 1.165) is 5.56 Å². The molecule has 0 heterocycles. The summed E-state index contributed by atoms with van der Waals surface area (Å²) < 4.78 is 4.58. The summed E-state index contributed by atoms with van der Waals surface area (Å²) in [5.74, 6) is 0.340. The number of benzene rings is 1. The van der Waals surface area contributed by atoms with Gasteiger partial charge < -0.3 is 9.84 Å². The third kappa shape index (κ3) is 3.07. The lowest BCUT2D eigenvalue weighted by Gasteiger charge is -2.14. The third-order valence-corrected chi connectivity index (χ3v) is 3.22. The van der Waals surface area contributed by atoms with Gasteiger partial charge >= 0.3 is 5.97 Å². The second-order valence-electron chi connectivity index (χ2n) is 4.53. The van der Waals surface area contributed by atoms with Crippen molar-refractivity contribution in [3.05, 3.63) is 35.4 Å². The fourth-order valence-electron chi connectivity index (χ4n) is 2.09. The van der Waals surface area contributed by atoms with Crippen LogP contribution >= 0.6 is 0 Å². The van der Waals surface area contributed by atoms with Crippen molar-refractivity contribution in [2.75, 3.05) is 7.11 Å². The molecule has 92 valence electrons. The maximum Gasteiger partial charge on any atom is 0.305 e. The van der Waals surface area contributed by atoms with E-state index in [4.69, 9.17) is 0 Å². The van der Waals surface area contributed by atoms with Crippen LogP contribution in [0.1, 0.15) is 48.8 Å². The van der Waals surface area contributed by atoms with Gasteiger partial charge in [-0.15, -0.1) is 0 Å². The molecule has 1 atom stereocenters. The Morgan fingerprint density at radius 2 is 2.18 bits per heavy atom. The molecular formula is C14H18O3. The zero-order valence-corrected chi connectivity index (χ0v) is 10.1. The standard InChI is InChI=1S/C14H18O3/c1-17-14(16)9-8-13(15)12-5-3-2-4-11(12)10-6-7-10/h2-5,10,13,15H,6-9H2,1H3. The number of ether oxygens (including phenoxy) is 1. The quantitative estimate of drug-likeness (QED) is 0.796. The molecule has 0 saturated heterocycles. The first kappa shape index (κ1) is 12.1. The summed E-state index contributed by atoms with van der Waals surface area (Å²) in [6.45, 7) is 0. The van der Waals surface area contributed by atoms with Crippen LogP contribution in [0.4, 0.5) is 0 Å². The van der Waals surface area contributed by atoms with Gasteiger partial charge in [0.1, 0.15) is 0 Å². The SMILES string of the molecule is COC(=O)CCC(O)c1ccccc1C1CC1. The molecule has 0 amide bonds. The van der Waals surface area contributed by atoms with Gasteiger partial charge in [-0.05, 0) is 36.3 Å². The van der Waals surface area contributed by atoms with Crippen LogP contribution in [0.2, 0.25) is 0 Å². The van der Waals surface area contributed by atoms with E-state index in [1.807, 2.05) is 18.2 Å². The lowest BCUT2D eigenvalue weighted by Crippen LogP contribution is -2.06. The minimum Gasteiger partial charge on any atom is -0.469 e. The molecule has 0 aromatic heterocycles. The molecule has 1 aliphatic rings. The van der Waals surface area contributed by atoms with Gasteiger partial charge in [-0.2, -0.15) is 0 Å². The molecule has 0 radical (unpaired) electrons. The maximum atomic E-state index is 11.0. The van der Waals surface area contributed by atoms with Crippen molar-refractivity contribution in [3.8, 4) is 0 Å². The molecular weight excluding hydrogens is 216 g/mol. The van der Waals surface area contributed by atoms with Crippen LogP contribution in [0.3, 0.4) is 0 Å². The van der Waals surface area contributed by atoms with Crippen molar-refractivity contribution in [1.82, 2.24) is 0 Å². The number of carbonyl (C=O) groups excluding carboxylic acids is 1. The summed E-state index contributed by atoms with van der Waals surface area (Å²) >= 11 is 0. The van der Waals surface area contributed by atoms with Gasteiger partial charge in [-0.3, -0.25) is 4.79 Å². The number of carbonyl (C=O) groups is 1. The van der Waals surface area contributed by atoms with Gasteiger partial charge in [-0.25, -0.2) is 0 Å². The van der Waals surface area contributed by atoms with Crippen LogP contribution in [0.25, 0.3) is 0 Å². The Bertz CT molecular complexity index is 396. The average Bonchev–Trinajstić information content (AvgIpc) is 3.19. The highest BCUT2D eigenvalue weighted by atomic mass is 16.5. The highest BCUT2D eigenvalue weighted by Crippen LogP contribution is 2.43. The van der Waals surface area contributed by atoms with E-state index in [1.165, 1.54) is 25.5 Å². The van der Waals surface area contributed by atoms with E-state index < -0.39 is 6.10 Å². The molecule has 1 fully saturated rings. The van der Waals surface area contributed by atoms with Crippen LogP contribution in [-0.4, -0.2) is 18.2 Å². The molecule has 3 nitrogen and oxygen atoms in total. The number of aliphatic hydroxyl groups excluding tert-OH is 1. The molecule has 2 rings (SSSR count). The smallest absolute Gasteiger partial charge is 0.305 e. The number of rotatable bonds is 5. The van der Waals surface area contributed by atoms with Crippen molar-refractivity contribution in [2.24, 2.45) is 0 Å². The predicted molar refractivity (Wildman–Crippen MR) is 64.6 cm³/mol. The van der Waals surface area contributed by atoms with Crippen LogP contribution in [-0.2, 0) is 9.53 Å². The van der Waals surface area contributed by atoms with Gasteiger partial charge in [0.25, 0.3) is 0 Å². The highest BCUT2D eigenvalue weighted by Gasteiger charge is 2.27. The number of esters is 1. The largest absolute Gasteiger partial charge is 0.469 e. The number of hydrogen-bond donors (Lipinski definition) is 1. The zero-order valence-electron chi connectivity index (χ0n) is 10.1. The van der Waals surface area contributed by atoms with Gasteiger partial charge in [0.05, 0.1) is 13.2 Å². The monoisotopic (exact) mass is 234 g/mol. The van der Waals surface area contributed by atoms with E-state index >= 15 is 0 Å². The maximum absolute atomic E-state index is 11.0. The van der Waals surface area contributed by atoms with Crippen molar-refractivity contribution >= 4 is 5.97 Å². The topological polar surface area (TPSA) is 46.5 Å². The molecule has 17 heavy (non-hydrogen) atoms. The number of methoxy groups -OCH3 is 1. The Morgan fingerprint density at radius 1 is 1.47 bits per heavy atom. The number of hydrogen-bond acceptors (Lipinski definition) is 3. The molecule has 0 spiro atoms. The summed E-state index contributed by atoms with van der Waals surface area (Å²) in [6, 6.07) is 7.97. The fourth-order valence-corrected chi connectivity index (χ4v) is 2.09. The van der Waals surface area contributed by atoms with Crippen LogP contribution in [0, 0.1) is 0 Å². The predicted octanol–water partition coefficient (Wildman–Crippen LogP) is 2.55. The van der Waals surface area contributed by atoms with Crippen molar-refractivity contribution in [1.29, 1.82) is 0 Å². The Morgan fingerprint density at radius 3 is 2.82 bits per heavy atom. The Hall–Kier alpha value is -1.35. The molecule has 1 aliphatic carbocycles. The Labute approximate surface area is 101 Å². The van der Waals surface area contributed by atoms with E-state index in [0.29, 0.717) is 12.3 Å². The highest BCUT2D eigenvalue weighted by molar-refractivity contribution is 5.69. The van der Waals surface area contributed by atoms with E-state index in [1.54, 1.807) is 0 Å². The van der Waals surface area contributed by atoms with Gasteiger partial charge in [0.2, 0.25) is 0 Å². The Kier molecular flexibility index (Phi) is 3.79. The first-order valence-electron chi connectivity index (χ1n) is 6.06. The van der Waals surface area contributed by atoms with Crippen molar-refractivity contribution in [3.63, 3.8) is 0 Å². The summed E-state index contributed by atoms with van der Waals surface area (Å²) in [5.41, 5.74) is 2.21. The van der Waals surface area contributed by atoms with Crippen LogP contribution in [0.5, 0.6) is 0 Å². The third-order valence-electron chi connectivity index (χ3n) is 3.22. The molecule has 1 N–H and O–H groups in total. The van der Waals surface area contributed by atoms with Gasteiger partial charge in [0.15, 0.2) is 0 Å². The normalized spacial score (nSPS) is 16.6. The summed E-state index contributed by atoms with van der Waals surface area (Å²) in [4.78, 5) is 11.0. The average molecular weight is 234 g/mol. The minimum absolute atomic E-state index is 0.261. The van der Waals surface area contributed by atoms with Crippen LogP contribution in [0.15, 0.2) is 24.3 Å². The lowest BCUT2D eigenvalue weighted by atomic mass is 9.96. The van der Waals surface area contributed by atoms with E-state index in [9.17, 15) is 9.90 Å². The molecule has 1 saturated carbocycles. The fraction of sp³-hybridized carbons (Fsp3) is 0.500. The summed E-state index contributed by atoms with van der Waals surface area (Å²) in [6.07, 6.45) is 2.54. The van der Waals surface area contributed by atoms with E-state index in [2.05, 4.69) is 10.8 Å². The molecule has 1 aromatic rings. The minimum atomic E-state index is -0.564. The van der Waals surface area contributed by atoms with Crippen LogP contribution < -0.4 is 0 Å². The van der Waals surface area contributed by atoms with E-state index in [-0.39, 0.29) is 12.4 Å². The first-order chi connectivity index (χ1) is 8.22. The van der Waals surface area contributed by atoms with Gasteiger partial charge in [-0.1, -0.05) is 24.3 Å². The second-order valence-corrected chi connectivity index (χ2v) is 4.53. The Balaban J connectivity index is 2.02. The molecule has 0 aliphatic heterocycles. The second kappa shape index (κ2) is 5.32. The summed E-state index contributed by atoms with van der Waals surface area (Å²) in [5, 5.41) is 10.1. The molecule has 3 heteroatoms. The van der Waals surface area contributed by atoms with Crippen molar-refractivity contribution in [2.45, 2.75) is 37.7 Å². The first-order valence-corrected chi connectivity index (χ1v) is 6.06. The van der Waals surface area contributed by atoms with Crippen molar-refractivity contribution < 1.29 is 14.6 Å². The summed E-state index contributed by atoms with van der Waals surface area (Å²) in [7, 11) is 1.37. The molecule has 1 unspecified atom stereocenters. The molecule has 0 bridgehead atoms. The zero-order chi connectivity index (χ0) is 12.3. The molecule has 1 aromatic carbocycles.